The Kier molecular flexibility index (Phi) is 5.45. The van der Waals surface area contributed by atoms with Gasteiger partial charge in [-0.05, 0) is 38.5 Å². The highest BCUT2D eigenvalue weighted by molar-refractivity contribution is 7.09. The summed E-state index contributed by atoms with van der Waals surface area (Å²) in [6.45, 7) is 8.01. The van der Waals surface area contributed by atoms with Crippen LogP contribution in [0.3, 0.4) is 0 Å². The predicted octanol–water partition coefficient (Wildman–Crippen LogP) is 3.00. The van der Waals surface area contributed by atoms with Crippen LogP contribution in [-0.2, 0) is 0 Å². The highest BCUT2D eigenvalue weighted by atomic mass is 32.1. The third kappa shape index (κ3) is 4.43. The lowest BCUT2D eigenvalue weighted by Gasteiger charge is -2.30. The molecule has 1 aliphatic carbocycles. The van der Waals surface area contributed by atoms with Gasteiger partial charge in [0.2, 0.25) is 0 Å². The number of hydrogen-bond acceptors (Lipinski definition) is 4. The number of carbonyl (C=O) groups excluding carboxylic acids is 1. The quantitative estimate of drug-likeness (QED) is 0.721. The van der Waals surface area contributed by atoms with Crippen molar-refractivity contribution in [3.8, 4) is 0 Å². The lowest BCUT2D eigenvalue weighted by molar-refractivity contribution is 0.00782. The molecule has 124 valence electrons. The molecule has 1 aliphatic rings. The average Bonchev–Trinajstić information content (AvgIpc) is 3.23. The molecule has 3 N–H and O–H groups in total. The van der Waals surface area contributed by atoms with Crippen LogP contribution in [0.15, 0.2) is 5.38 Å². The number of aryl methyl sites for hydroxylation is 1. The molecule has 0 radical (unpaired) electrons. The number of carbonyl (C=O) groups is 1. The standard InChI is InChI=1S/C16H27N3O2S/c1-5-10(2)16(4,21)9-17-15(20)19-13(12-6-7-12)14-18-11(3)8-22-14/h8,10,12-13,21H,5-7,9H2,1-4H3,(H2,17,19,20). The van der Waals surface area contributed by atoms with Crippen LogP contribution in [-0.4, -0.2) is 28.3 Å². The Labute approximate surface area is 136 Å². The molecule has 1 aromatic rings. The Morgan fingerprint density at radius 3 is 2.77 bits per heavy atom. The van der Waals surface area contributed by atoms with Gasteiger partial charge in [0, 0.05) is 17.6 Å². The van der Waals surface area contributed by atoms with Crippen molar-refractivity contribution in [2.24, 2.45) is 11.8 Å². The number of nitrogens with one attached hydrogen (secondary N) is 2. The van der Waals surface area contributed by atoms with Crippen LogP contribution in [0.5, 0.6) is 0 Å². The van der Waals surface area contributed by atoms with Gasteiger partial charge in [0.05, 0.1) is 11.6 Å². The van der Waals surface area contributed by atoms with Gasteiger partial charge in [-0.1, -0.05) is 20.3 Å². The minimum absolute atomic E-state index is 0.00718. The van der Waals surface area contributed by atoms with E-state index in [2.05, 4.69) is 15.6 Å². The zero-order valence-corrected chi connectivity index (χ0v) is 14.7. The van der Waals surface area contributed by atoms with Gasteiger partial charge in [-0.15, -0.1) is 11.3 Å². The van der Waals surface area contributed by atoms with Gasteiger partial charge >= 0.3 is 6.03 Å². The first-order valence-electron chi connectivity index (χ1n) is 8.02. The van der Waals surface area contributed by atoms with Crippen molar-refractivity contribution in [2.75, 3.05) is 6.54 Å². The maximum Gasteiger partial charge on any atom is 0.315 e. The number of rotatable bonds is 7. The number of aliphatic hydroxyl groups is 1. The Balaban J connectivity index is 1.90. The molecule has 0 aliphatic heterocycles. The van der Waals surface area contributed by atoms with Gasteiger partial charge in [0.1, 0.15) is 5.01 Å². The van der Waals surface area contributed by atoms with Crippen molar-refractivity contribution in [1.82, 2.24) is 15.6 Å². The summed E-state index contributed by atoms with van der Waals surface area (Å²) >= 11 is 1.60. The van der Waals surface area contributed by atoms with Crippen LogP contribution in [0.1, 0.15) is 56.8 Å². The second-order valence-electron chi connectivity index (χ2n) is 6.64. The third-order valence-electron chi connectivity index (χ3n) is 4.56. The van der Waals surface area contributed by atoms with Crippen LogP contribution in [0.25, 0.3) is 0 Å². The average molecular weight is 325 g/mol. The molecule has 3 atom stereocenters. The Morgan fingerprint density at radius 2 is 2.27 bits per heavy atom. The molecule has 1 fully saturated rings. The van der Waals surface area contributed by atoms with E-state index in [-0.39, 0.29) is 24.5 Å². The molecule has 1 saturated carbocycles. The van der Waals surface area contributed by atoms with E-state index in [1.165, 1.54) is 0 Å². The minimum Gasteiger partial charge on any atom is -0.388 e. The smallest absolute Gasteiger partial charge is 0.315 e. The van der Waals surface area contributed by atoms with Gasteiger partial charge in [0.25, 0.3) is 0 Å². The topological polar surface area (TPSA) is 74.2 Å². The van der Waals surface area contributed by atoms with Crippen molar-refractivity contribution >= 4 is 17.4 Å². The van der Waals surface area contributed by atoms with Crippen molar-refractivity contribution in [1.29, 1.82) is 0 Å². The normalized spacial score (nSPS) is 20.0. The molecule has 0 aromatic carbocycles. The van der Waals surface area contributed by atoms with Gasteiger partial charge in [-0.3, -0.25) is 0 Å². The zero-order valence-electron chi connectivity index (χ0n) is 13.8. The van der Waals surface area contributed by atoms with E-state index in [0.29, 0.717) is 5.92 Å². The zero-order chi connectivity index (χ0) is 16.3. The van der Waals surface area contributed by atoms with Crippen LogP contribution in [0, 0.1) is 18.8 Å². The van der Waals surface area contributed by atoms with Crippen molar-refractivity contribution in [3.63, 3.8) is 0 Å². The van der Waals surface area contributed by atoms with Crippen molar-refractivity contribution < 1.29 is 9.90 Å². The fourth-order valence-electron chi connectivity index (χ4n) is 2.39. The molecule has 0 saturated heterocycles. The van der Waals surface area contributed by atoms with Crippen LogP contribution in [0.2, 0.25) is 0 Å². The van der Waals surface area contributed by atoms with E-state index in [9.17, 15) is 9.90 Å². The summed E-state index contributed by atoms with van der Waals surface area (Å²) < 4.78 is 0. The summed E-state index contributed by atoms with van der Waals surface area (Å²) in [6, 6.07) is -0.236. The fourth-order valence-corrected chi connectivity index (χ4v) is 3.33. The molecule has 0 bridgehead atoms. The lowest BCUT2D eigenvalue weighted by Crippen LogP contribution is -2.48. The van der Waals surface area contributed by atoms with Gasteiger partial charge < -0.3 is 15.7 Å². The number of nitrogens with zero attached hydrogens (tertiary/aromatic N) is 1. The van der Waals surface area contributed by atoms with E-state index in [1.54, 1.807) is 18.3 Å². The van der Waals surface area contributed by atoms with E-state index in [0.717, 1.165) is 30.0 Å². The molecule has 2 rings (SSSR count). The largest absolute Gasteiger partial charge is 0.388 e. The lowest BCUT2D eigenvalue weighted by atomic mass is 9.89. The Hall–Kier alpha value is -1.14. The Bertz CT molecular complexity index is 511. The molecule has 1 heterocycles. The molecular weight excluding hydrogens is 298 g/mol. The molecule has 0 spiro atoms. The monoisotopic (exact) mass is 325 g/mol. The summed E-state index contributed by atoms with van der Waals surface area (Å²) in [5.74, 6) is 0.625. The predicted molar refractivity (Wildman–Crippen MR) is 88.9 cm³/mol. The number of amides is 2. The van der Waals surface area contributed by atoms with Crippen LogP contribution in [0.4, 0.5) is 4.79 Å². The second-order valence-corrected chi connectivity index (χ2v) is 7.53. The van der Waals surface area contributed by atoms with Gasteiger partial charge in [-0.2, -0.15) is 0 Å². The number of urea groups is 1. The molecular formula is C16H27N3O2S. The van der Waals surface area contributed by atoms with E-state index in [4.69, 9.17) is 0 Å². The SMILES string of the molecule is CCC(C)C(C)(O)CNC(=O)NC(c1nc(C)cs1)C1CC1. The van der Waals surface area contributed by atoms with E-state index >= 15 is 0 Å². The van der Waals surface area contributed by atoms with Crippen molar-refractivity contribution in [2.45, 2.75) is 58.6 Å². The van der Waals surface area contributed by atoms with Crippen LogP contribution < -0.4 is 10.6 Å². The molecule has 22 heavy (non-hydrogen) atoms. The summed E-state index contributed by atoms with van der Waals surface area (Å²) in [4.78, 5) is 16.7. The summed E-state index contributed by atoms with van der Waals surface area (Å²) in [5.41, 5.74) is 0.103. The maximum absolute atomic E-state index is 12.2. The fraction of sp³-hybridized carbons (Fsp3) is 0.750. The number of thiazole rings is 1. The summed E-state index contributed by atoms with van der Waals surface area (Å²) in [6.07, 6.45) is 3.14. The minimum atomic E-state index is -0.890. The first-order chi connectivity index (χ1) is 10.3. The highest BCUT2D eigenvalue weighted by Gasteiger charge is 2.35. The van der Waals surface area contributed by atoms with Gasteiger partial charge in [-0.25, -0.2) is 9.78 Å². The molecule has 3 unspecified atom stereocenters. The summed E-state index contributed by atoms with van der Waals surface area (Å²) in [5, 5.41) is 19.2. The maximum atomic E-state index is 12.2. The molecule has 6 heteroatoms. The van der Waals surface area contributed by atoms with Crippen molar-refractivity contribution in [3.05, 3.63) is 16.1 Å². The first-order valence-corrected chi connectivity index (χ1v) is 8.90. The third-order valence-corrected chi connectivity index (χ3v) is 5.61. The molecule has 5 nitrogen and oxygen atoms in total. The molecule has 2 amide bonds. The molecule has 1 aromatic heterocycles. The number of aromatic nitrogens is 1. The first kappa shape index (κ1) is 17.2. The van der Waals surface area contributed by atoms with E-state index < -0.39 is 5.60 Å². The van der Waals surface area contributed by atoms with Crippen LogP contribution >= 0.6 is 11.3 Å². The number of hydrogen-bond donors (Lipinski definition) is 3. The summed E-state index contributed by atoms with van der Waals surface area (Å²) in [7, 11) is 0. The highest BCUT2D eigenvalue weighted by Crippen LogP contribution is 2.41. The van der Waals surface area contributed by atoms with Gasteiger partial charge in [0.15, 0.2) is 0 Å². The Morgan fingerprint density at radius 1 is 1.59 bits per heavy atom. The second kappa shape index (κ2) is 6.96. The van der Waals surface area contributed by atoms with E-state index in [1.807, 2.05) is 26.2 Å².